The molecule has 0 heterocycles. The molecule has 0 saturated carbocycles. The van der Waals surface area contributed by atoms with Crippen LogP contribution >= 0.6 is 11.6 Å². The second kappa shape index (κ2) is 3.91. The summed E-state index contributed by atoms with van der Waals surface area (Å²) < 4.78 is 13.0. The lowest BCUT2D eigenvalue weighted by Crippen LogP contribution is -1.80. The molecule has 0 atom stereocenters. The molecular formula is C12H8ClFO. The molecule has 0 aliphatic rings. The highest BCUT2D eigenvalue weighted by Crippen LogP contribution is 2.26. The van der Waals surface area contributed by atoms with Gasteiger partial charge in [-0.2, -0.15) is 0 Å². The fraction of sp³-hybridized carbons (Fsp3) is 0. The first kappa shape index (κ1) is 9.99. The van der Waals surface area contributed by atoms with E-state index < -0.39 is 5.82 Å². The van der Waals surface area contributed by atoms with Gasteiger partial charge in [0.15, 0.2) is 0 Å². The van der Waals surface area contributed by atoms with Crippen LogP contribution in [0.5, 0.6) is 5.75 Å². The van der Waals surface area contributed by atoms with Crippen molar-refractivity contribution in [3.8, 4) is 16.9 Å². The maximum absolute atomic E-state index is 13.0. The van der Waals surface area contributed by atoms with E-state index in [0.717, 1.165) is 11.6 Å². The monoisotopic (exact) mass is 222 g/mol. The first-order chi connectivity index (χ1) is 7.15. The Kier molecular flexibility index (Phi) is 2.60. The van der Waals surface area contributed by atoms with Crippen molar-refractivity contribution in [2.24, 2.45) is 0 Å². The summed E-state index contributed by atoms with van der Waals surface area (Å²) in [7, 11) is 0. The van der Waals surface area contributed by atoms with Crippen LogP contribution in [-0.2, 0) is 0 Å². The molecule has 0 radical (unpaired) electrons. The second-order valence-corrected chi connectivity index (χ2v) is 3.64. The first-order valence-corrected chi connectivity index (χ1v) is 4.78. The van der Waals surface area contributed by atoms with Gasteiger partial charge in [0.1, 0.15) is 11.6 Å². The Balaban J connectivity index is 2.54. The third-order valence-electron chi connectivity index (χ3n) is 2.04. The number of phenolic OH excluding ortho intramolecular Hbond substituents is 1. The van der Waals surface area contributed by atoms with Crippen molar-refractivity contribution < 1.29 is 9.50 Å². The number of hydrogen-bond acceptors (Lipinski definition) is 1. The fourth-order valence-electron chi connectivity index (χ4n) is 1.41. The lowest BCUT2D eigenvalue weighted by Gasteiger charge is -2.03. The number of benzene rings is 2. The van der Waals surface area contributed by atoms with E-state index in [1.165, 1.54) is 12.1 Å². The number of hydrogen-bond donors (Lipinski definition) is 1. The van der Waals surface area contributed by atoms with E-state index in [4.69, 9.17) is 11.6 Å². The zero-order chi connectivity index (χ0) is 10.8. The van der Waals surface area contributed by atoms with Gasteiger partial charge in [0, 0.05) is 11.1 Å². The molecule has 0 aromatic heterocycles. The van der Waals surface area contributed by atoms with Crippen molar-refractivity contribution in [3.63, 3.8) is 0 Å². The summed E-state index contributed by atoms with van der Waals surface area (Å²) in [5.74, 6) is -0.560. The predicted octanol–water partition coefficient (Wildman–Crippen LogP) is 3.85. The topological polar surface area (TPSA) is 20.2 Å². The maximum Gasteiger partial charge on any atom is 0.127 e. The maximum atomic E-state index is 13.0. The quantitative estimate of drug-likeness (QED) is 0.777. The molecule has 2 aromatic carbocycles. The third-order valence-corrected chi connectivity index (χ3v) is 2.28. The van der Waals surface area contributed by atoms with Crippen LogP contribution in [0.4, 0.5) is 4.39 Å². The van der Waals surface area contributed by atoms with Gasteiger partial charge in [0.2, 0.25) is 0 Å². The van der Waals surface area contributed by atoms with Crippen molar-refractivity contribution in [2.75, 3.05) is 0 Å². The molecule has 0 unspecified atom stereocenters. The van der Waals surface area contributed by atoms with Gasteiger partial charge in [0.25, 0.3) is 0 Å². The molecule has 1 N–H and O–H groups in total. The molecule has 3 heteroatoms. The highest BCUT2D eigenvalue weighted by atomic mass is 35.5. The minimum Gasteiger partial charge on any atom is -0.508 e. The summed E-state index contributed by atoms with van der Waals surface area (Å²) in [4.78, 5) is 0. The SMILES string of the molecule is Oc1cc(F)cc(-c2cccc(Cl)c2)c1. The van der Waals surface area contributed by atoms with Crippen molar-refractivity contribution in [2.45, 2.75) is 0 Å². The van der Waals surface area contributed by atoms with Gasteiger partial charge in [-0.1, -0.05) is 23.7 Å². The Labute approximate surface area is 91.8 Å². The van der Waals surface area contributed by atoms with Gasteiger partial charge in [-0.3, -0.25) is 0 Å². The van der Waals surface area contributed by atoms with E-state index in [1.807, 2.05) is 0 Å². The van der Waals surface area contributed by atoms with Crippen LogP contribution in [0.1, 0.15) is 0 Å². The Bertz CT molecular complexity index is 476. The summed E-state index contributed by atoms with van der Waals surface area (Å²) in [5.41, 5.74) is 1.38. The number of rotatable bonds is 1. The van der Waals surface area contributed by atoms with Crippen LogP contribution in [0.15, 0.2) is 42.5 Å². The van der Waals surface area contributed by atoms with Gasteiger partial charge >= 0.3 is 0 Å². The average Bonchev–Trinajstić information content (AvgIpc) is 2.16. The van der Waals surface area contributed by atoms with E-state index >= 15 is 0 Å². The van der Waals surface area contributed by atoms with Gasteiger partial charge in [-0.25, -0.2) is 4.39 Å². The molecular weight excluding hydrogens is 215 g/mol. The van der Waals surface area contributed by atoms with E-state index in [0.29, 0.717) is 10.6 Å². The minimum absolute atomic E-state index is 0.0926. The molecule has 0 spiro atoms. The molecule has 1 nitrogen and oxygen atoms in total. The molecule has 2 rings (SSSR count). The molecule has 0 amide bonds. The number of halogens is 2. The Morgan fingerprint density at radius 2 is 1.80 bits per heavy atom. The van der Waals surface area contributed by atoms with Crippen LogP contribution in [0, 0.1) is 5.82 Å². The minimum atomic E-state index is -0.468. The van der Waals surface area contributed by atoms with Crippen LogP contribution < -0.4 is 0 Å². The lowest BCUT2D eigenvalue weighted by molar-refractivity contribution is 0.469. The second-order valence-electron chi connectivity index (χ2n) is 3.21. The summed E-state index contributed by atoms with van der Waals surface area (Å²) in [6.07, 6.45) is 0. The summed E-state index contributed by atoms with van der Waals surface area (Å²) in [6.45, 7) is 0. The lowest BCUT2D eigenvalue weighted by atomic mass is 10.1. The van der Waals surface area contributed by atoms with Crippen molar-refractivity contribution in [1.82, 2.24) is 0 Å². The first-order valence-electron chi connectivity index (χ1n) is 4.40. The molecule has 0 bridgehead atoms. The summed E-state index contributed by atoms with van der Waals surface area (Å²) in [5, 5.41) is 9.83. The van der Waals surface area contributed by atoms with E-state index in [2.05, 4.69) is 0 Å². The van der Waals surface area contributed by atoms with E-state index in [-0.39, 0.29) is 5.75 Å². The van der Waals surface area contributed by atoms with Crippen LogP contribution in [-0.4, -0.2) is 5.11 Å². The van der Waals surface area contributed by atoms with Crippen LogP contribution in [0.3, 0.4) is 0 Å². The highest BCUT2D eigenvalue weighted by molar-refractivity contribution is 6.30. The Hall–Kier alpha value is -1.54. The molecule has 0 aliphatic heterocycles. The highest BCUT2D eigenvalue weighted by Gasteiger charge is 2.02. The Morgan fingerprint density at radius 3 is 2.47 bits per heavy atom. The zero-order valence-corrected chi connectivity index (χ0v) is 8.50. The summed E-state index contributed by atoms with van der Waals surface area (Å²) >= 11 is 5.82. The standard InChI is InChI=1S/C12H8ClFO/c13-10-3-1-2-8(4-10)9-5-11(14)7-12(15)6-9/h1-7,15H. The van der Waals surface area contributed by atoms with Gasteiger partial charge in [-0.05, 0) is 35.4 Å². The molecule has 0 saturated heterocycles. The fourth-order valence-corrected chi connectivity index (χ4v) is 1.60. The molecule has 0 fully saturated rings. The molecule has 76 valence electrons. The number of phenols is 1. The van der Waals surface area contributed by atoms with Crippen LogP contribution in [0.25, 0.3) is 11.1 Å². The number of aromatic hydroxyl groups is 1. The third kappa shape index (κ3) is 2.28. The Morgan fingerprint density at radius 1 is 1.00 bits per heavy atom. The van der Waals surface area contributed by atoms with Crippen molar-refractivity contribution in [3.05, 3.63) is 53.3 Å². The van der Waals surface area contributed by atoms with Crippen LogP contribution in [0.2, 0.25) is 5.02 Å². The van der Waals surface area contributed by atoms with E-state index in [1.54, 1.807) is 24.3 Å². The zero-order valence-electron chi connectivity index (χ0n) is 7.74. The van der Waals surface area contributed by atoms with Gasteiger partial charge in [-0.15, -0.1) is 0 Å². The molecule has 2 aromatic rings. The van der Waals surface area contributed by atoms with Gasteiger partial charge in [0.05, 0.1) is 0 Å². The van der Waals surface area contributed by atoms with Gasteiger partial charge < -0.3 is 5.11 Å². The largest absolute Gasteiger partial charge is 0.508 e. The normalized spacial score (nSPS) is 10.3. The molecule has 0 aliphatic carbocycles. The molecule has 15 heavy (non-hydrogen) atoms. The average molecular weight is 223 g/mol. The predicted molar refractivity (Wildman–Crippen MR) is 58.5 cm³/mol. The van der Waals surface area contributed by atoms with Crippen molar-refractivity contribution in [1.29, 1.82) is 0 Å². The smallest absolute Gasteiger partial charge is 0.127 e. The van der Waals surface area contributed by atoms with Crippen molar-refractivity contribution >= 4 is 11.6 Å². The van der Waals surface area contributed by atoms with E-state index in [9.17, 15) is 9.50 Å². The summed E-state index contributed by atoms with van der Waals surface area (Å²) in [6, 6.07) is 11.0.